The van der Waals surface area contributed by atoms with Crippen LogP contribution in [0.2, 0.25) is 0 Å². The highest BCUT2D eigenvalue weighted by Crippen LogP contribution is 2.47. The van der Waals surface area contributed by atoms with E-state index < -0.39 is 12.0 Å². The highest BCUT2D eigenvalue weighted by atomic mass is 32.1. The van der Waals surface area contributed by atoms with Crippen molar-refractivity contribution in [2.75, 3.05) is 13.1 Å². The van der Waals surface area contributed by atoms with Crippen LogP contribution in [0.15, 0.2) is 40.4 Å². The number of nitrogens with zero attached hydrogens (tertiary/aromatic N) is 3. The zero-order chi connectivity index (χ0) is 21.2. The number of rotatable bonds is 4. The van der Waals surface area contributed by atoms with E-state index in [2.05, 4.69) is 0 Å². The zero-order valence-corrected chi connectivity index (χ0v) is 17.2. The van der Waals surface area contributed by atoms with Crippen LogP contribution in [0.3, 0.4) is 0 Å². The Morgan fingerprint density at radius 2 is 2.13 bits per heavy atom. The van der Waals surface area contributed by atoms with E-state index in [9.17, 15) is 24.3 Å². The first-order valence-corrected chi connectivity index (χ1v) is 10.8. The first-order chi connectivity index (χ1) is 14.4. The molecule has 8 nitrogen and oxygen atoms in total. The summed E-state index contributed by atoms with van der Waals surface area (Å²) in [5.74, 6) is -1.79. The maximum absolute atomic E-state index is 12.9. The lowest BCUT2D eigenvalue weighted by atomic mass is 9.79. The Kier molecular flexibility index (Phi) is 4.32. The van der Waals surface area contributed by atoms with Crippen LogP contribution in [0.25, 0.3) is 0 Å². The van der Waals surface area contributed by atoms with Crippen molar-refractivity contribution in [1.82, 2.24) is 14.7 Å². The SMILES string of the molecule is CC(=O)N1CC2CC(/C=C3\CCN(Cc4cccs4)C3=O)=C(C(=O)O)N3C(=O)C1[C@@H]23. The molecule has 0 spiro atoms. The number of carbonyl (C=O) groups excluding carboxylic acids is 3. The van der Waals surface area contributed by atoms with Crippen molar-refractivity contribution in [3.63, 3.8) is 0 Å². The Morgan fingerprint density at radius 1 is 1.33 bits per heavy atom. The van der Waals surface area contributed by atoms with Crippen molar-refractivity contribution in [3.8, 4) is 0 Å². The molecule has 30 heavy (non-hydrogen) atoms. The third-order valence-electron chi connectivity index (χ3n) is 6.48. The van der Waals surface area contributed by atoms with Crippen LogP contribution in [0.5, 0.6) is 0 Å². The molecule has 0 saturated carbocycles. The monoisotopic (exact) mass is 427 g/mol. The average Bonchev–Trinajstić information content (AvgIpc) is 3.41. The predicted molar refractivity (Wildman–Crippen MR) is 107 cm³/mol. The molecule has 3 saturated heterocycles. The van der Waals surface area contributed by atoms with Crippen molar-refractivity contribution < 1.29 is 24.3 Å². The summed E-state index contributed by atoms with van der Waals surface area (Å²) < 4.78 is 0. The largest absolute Gasteiger partial charge is 0.477 e. The van der Waals surface area contributed by atoms with E-state index in [1.54, 1.807) is 27.2 Å². The molecule has 3 atom stereocenters. The Labute approximate surface area is 177 Å². The molecule has 1 N–H and O–H groups in total. The van der Waals surface area contributed by atoms with E-state index in [1.165, 1.54) is 11.8 Å². The molecule has 0 aliphatic carbocycles. The normalized spacial score (nSPS) is 29.0. The van der Waals surface area contributed by atoms with Gasteiger partial charge in [0.25, 0.3) is 5.91 Å². The lowest BCUT2D eigenvalue weighted by Crippen LogP contribution is -2.69. The summed E-state index contributed by atoms with van der Waals surface area (Å²) in [7, 11) is 0. The van der Waals surface area contributed by atoms with Crippen molar-refractivity contribution >= 4 is 35.0 Å². The highest BCUT2D eigenvalue weighted by Gasteiger charge is 2.63. The number of carbonyl (C=O) groups is 4. The van der Waals surface area contributed by atoms with Gasteiger partial charge in [0.05, 0.1) is 12.6 Å². The van der Waals surface area contributed by atoms with E-state index in [0.29, 0.717) is 43.6 Å². The van der Waals surface area contributed by atoms with Gasteiger partial charge in [0.15, 0.2) is 0 Å². The van der Waals surface area contributed by atoms with Gasteiger partial charge in [0, 0.05) is 36.4 Å². The molecule has 5 heterocycles. The fourth-order valence-corrected chi connectivity index (χ4v) is 5.90. The lowest BCUT2D eigenvalue weighted by molar-refractivity contribution is -0.159. The first-order valence-electron chi connectivity index (χ1n) is 9.95. The quantitative estimate of drug-likeness (QED) is 0.575. The van der Waals surface area contributed by atoms with Crippen LogP contribution in [0, 0.1) is 5.92 Å². The summed E-state index contributed by atoms with van der Waals surface area (Å²) >= 11 is 1.60. The molecule has 3 fully saturated rings. The molecule has 5 rings (SSSR count). The minimum absolute atomic E-state index is 0.00900. The molecule has 3 amide bonds. The van der Waals surface area contributed by atoms with E-state index in [1.807, 2.05) is 17.5 Å². The highest BCUT2D eigenvalue weighted by molar-refractivity contribution is 7.09. The summed E-state index contributed by atoms with van der Waals surface area (Å²) in [4.78, 5) is 55.3. The van der Waals surface area contributed by atoms with Crippen LogP contribution >= 0.6 is 11.3 Å². The molecular weight excluding hydrogens is 406 g/mol. The van der Waals surface area contributed by atoms with Gasteiger partial charge < -0.3 is 14.9 Å². The number of carboxylic acid groups (broad SMARTS) is 1. The number of hydrogen-bond donors (Lipinski definition) is 1. The number of aliphatic carboxylic acids is 1. The molecule has 0 radical (unpaired) electrons. The standard InChI is InChI=1S/C21H21N3O5S/c1-11(25)23-9-14-8-13(17(21(28)29)24-16(14)18(23)20(24)27)7-12-4-5-22(19(12)26)10-15-3-2-6-30-15/h2-3,6-7,14,16,18H,4-5,8-10H2,1H3,(H,28,29)/b12-7+/t14?,16-,18?/m1/s1. The Hall–Kier alpha value is -2.94. The molecule has 1 aromatic heterocycles. The number of allylic oxidation sites excluding steroid dienone is 2. The van der Waals surface area contributed by atoms with Gasteiger partial charge in [-0.15, -0.1) is 11.3 Å². The van der Waals surface area contributed by atoms with Gasteiger partial charge in [-0.2, -0.15) is 0 Å². The van der Waals surface area contributed by atoms with Crippen molar-refractivity contribution in [2.24, 2.45) is 5.92 Å². The molecule has 4 aliphatic heterocycles. The second-order valence-corrected chi connectivity index (χ2v) is 9.22. The second kappa shape index (κ2) is 6.80. The predicted octanol–water partition coefficient (Wildman–Crippen LogP) is 1.21. The summed E-state index contributed by atoms with van der Waals surface area (Å²) in [6, 6.07) is 3.11. The molecule has 156 valence electrons. The maximum Gasteiger partial charge on any atom is 0.352 e. The van der Waals surface area contributed by atoms with Crippen molar-refractivity contribution in [2.45, 2.75) is 38.4 Å². The zero-order valence-electron chi connectivity index (χ0n) is 16.4. The van der Waals surface area contributed by atoms with Crippen molar-refractivity contribution in [3.05, 3.63) is 45.3 Å². The summed E-state index contributed by atoms with van der Waals surface area (Å²) in [5, 5.41) is 11.8. The third kappa shape index (κ3) is 2.72. The minimum atomic E-state index is -1.17. The number of β-lactam (4-membered cyclic amide) rings is 1. The van der Waals surface area contributed by atoms with Crippen molar-refractivity contribution in [1.29, 1.82) is 0 Å². The van der Waals surface area contributed by atoms with Gasteiger partial charge >= 0.3 is 5.97 Å². The lowest BCUT2D eigenvalue weighted by Gasteiger charge is -2.49. The average molecular weight is 427 g/mol. The molecule has 9 heteroatoms. The van der Waals surface area contributed by atoms with E-state index in [0.717, 1.165) is 4.88 Å². The van der Waals surface area contributed by atoms with Crippen LogP contribution in [0.1, 0.15) is 24.6 Å². The van der Waals surface area contributed by atoms with Crippen LogP contribution in [0.4, 0.5) is 0 Å². The Balaban J connectivity index is 1.44. The number of hydrogen-bond acceptors (Lipinski definition) is 5. The van der Waals surface area contributed by atoms with Gasteiger partial charge in [-0.3, -0.25) is 19.3 Å². The smallest absolute Gasteiger partial charge is 0.352 e. The number of amides is 3. The number of carboxylic acids is 1. The number of likely N-dealkylation sites (tertiary alicyclic amines) is 2. The van der Waals surface area contributed by atoms with E-state index in [-0.39, 0.29) is 35.4 Å². The van der Waals surface area contributed by atoms with E-state index >= 15 is 0 Å². The van der Waals surface area contributed by atoms with Gasteiger partial charge in [0.1, 0.15) is 11.7 Å². The van der Waals surface area contributed by atoms with Gasteiger partial charge in [-0.1, -0.05) is 6.07 Å². The van der Waals surface area contributed by atoms with E-state index in [4.69, 9.17) is 0 Å². The van der Waals surface area contributed by atoms with Crippen LogP contribution < -0.4 is 0 Å². The fourth-order valence-electron chi connectivity index (χ4n) is 5.18. The molecule has 4 aliphatic rings. The Bertz CT molecular complexity index is 1030. The number of thiophene rings is 1. The summed E-state index contributed by atoms with van der Waals surface area (Å²) in [6.07, 6.45) is 2.66. The molecular formula is C21H21N3O5S. The molecule has 0 aromatic carbocycles. The fraction of sp³-hybridized carbons (Fsp3) is 0.429. The summed E-state index contributed by atoms with van der Waals surface area (Å²) in [6.45, 7) is 3.00. The van der Waals surface area contributed by atoms with Crippen LogP contribution in [-0.4, -0.2) is 68.7 Å². The van der Waals surface area contributed by atoms with Gasteiger partial charge in [-0.25, -0.2) is 4.79 Å². The summed E-state index contributed by atoms with van der Waals surface area (Å²) in [5.41, 5.74) is 1.03. The third-order valence-corrected chi connectivity index (χ3v) is 7.35. The van der Waals surface area contributed by atoms with Gasteiger partial charge in [0.2, 0.25) is 11.8 Å². The molecule has 2 unspecified atom stereocenters. The van der Waals surface area contributed by atoms with Crippen LogP contribution in [-0.2, 0) is 25.7 Å². The first kappa shape index (κ1) is 19.0. The maximum atomic E-state index is 12.9. The molecule has 0 bridgehead atoms. The minimum Gasteiger partial charge on any atom is -0.477 e. The topological polar surface area (TPSA) is 98.2 Å². The second-order valence-electron chi connectivity index (χ2n) is 8.18. The molecule has 1 aromatic rings. The van der Waals surface area contributed by atoms with Gasteiger partial charge in [-0.05, 0) is 35.9 Å². The Morgan fingerprint density at radius 3 is 2.80 bits per heavy atom.